The molecule has 0 bridgehead atoms. The molecule has 1 heterocycles. The molecule has 122 valence electrons. The fourth-order valence-electron chi connectivity index (χ4n) is 2.43. The summed E-state index contributed by atoms with van der Waals surface area (Å²) in [7, 11) is 0. The zero-order valence-corrected chi connectivity index (χ0v) is 13.6. The molecule has 0 saturated carbocycles. The molecule has 3 rings (SSSR count). The molecule has 0 spiro atoms. The maximum Gasteiger partial charge on any atom is 0.278 e. The van der Waals surface area contributed by atoms with Crippen LogP contribution in [0.4, 0.5) is 5.69 Å². The second-order valence-corrected chi connectivity index (χ2v) is 5.28. The molecule has 3 aromatic rings. The molecule has 0 fully saturated rings. The van der Waals surface area contributed by atoms with E-state index in [1.54, 1.807) is 6.07 Å². The molecule has 0 radical (unpaired) electrons. The average molecular weight is 322 g/mol. The second kappa shape index (κ2) is 7.00. The number of aromatic nitrogens is 1. The summed E-state index contributed by atoms with van der Waals surface area (Å²) in [5.41, 5.74) is 2.74. The predicted octanol–water partition coefficient (Wildman–Crippen LogP) is 4.30. The lowest BCUT2D eigenvalue weighted by Gasteiger charge is -2.10. The zero-order valence-electron chi connectivity index (χ0n) is 13.6. The highest BCUT2D eigenvalue weighted by Gasteiger charge is 2.19. The number of anilines is 1. The number of para-hydroxylation sites is 2. The lowest BCUT2D eigenvalue weighted by Crippen LogP contribution is -2.14. The van der Waals surface area contributed by atoms with Crippen molar-refractivity contribution in [3.63, 3.8) is 0 Å². The van der Waals surface area contributed by atoms with Crippen LogP contribution in [0, 0.1) is 6.92 Å². The summed E-state index contributed by atoms with van der Waals surface area (Å²) in [4.78, 5) is 16.7. The molecule has 5 heteroatoms. The minimum Gasteiger partial charge on any atom is -0.492 e. The third-order valence-electron chi connectivity index (χ3n) is 3.50. The summed E-state index contributed by atoms with van der Waals surface area (Å²) in [5.74, 6) is 0.728. The highest BCUT2D eigenvalue weighted by atomic mass is 16.5. The van der Waals surface area contributed by atoms with E-state index < -0.39 is 0 Å². The van der Waals surface area contributed by atoms with Gasteiger partial charge in [-0.2, -0.15) is 0 Å². The maximum atomic E-state index is 12.6. The maximum absolute atomic E-state index is 12.6. The molecule has 0 atom stereocenters. The summed E-state index contributed by atoms with van der Waals surface area (Å²) in [6, 6.07) is 15.0. The number of benzene rings is 2. The number of carbonyl (C=O) groups excluding carboxylic acids is 1. The van der Waals surface area contributed by atoms with Gasteiger partial charge in [0, 0.05) is 5.56 Å². The molecular formula is C19H18N2O3. The quantitative estimate of drug-likeness (QED) is 0.760. The Morgan fingerprint density at radius 1 is 1.21 bits per heavy atom. The van der Waals surface area contributed by atoms with Gasteiger partial charge in [-0.25, -0.2) is 4.98 Å². The molecule has 0 saturated heterocycles. The van der Waals surface area contributed by atoms with Crippen LogP contribution in [-0.4, -0.2) is 17.5 Å². The van der Waals surface area contributed by atoms with Gasteiger partial charge < -0.3 is 14.5 Å². The molecule has 0 aliphatic carbocycles. The van der Waals surface area contributed by atoms with Gasteiger partial charge in [0.15, 0.2) is 17.8 Å². The van der Waals surface area contributed by atoms with Gasteiger partial charge in [-0.1, -0.05) is 35.9 Å². The number of hydrogen-bond donors (Lipinski definition) is 1. The third kappa shape index (κ3) is 3.30. The molecule has 1 amide bonds. The van der Waals surface area contributed by atoms with Crippen LogP contribution in [0.2, 0.25) is 0 Å². The van der Waals surface area contributed by atoms with E-state index in [0.717, 1.165) is 11.1 Å². The smallest absolute Gasteiger partial charge is 0.278 e. The zero-order chi connectivity index (χ0) is 16.9. The van der Waals surface area contributed by atoms with Crippen molar-refractivity contribution in [3.05, 3.63) is 66.2 Å². The van der Waals surface area contributed by atoms with E-state index in [-0.39, 0.29) is 11.6 Å². The first-order valence-corrected chi connectivity index (χ1v) is 7.72. The normalized spacial score (nSPS) is 10.4. The van der Waals surface area contributed by atoms with Gasteiger partial charge in [0.05, 0.1) is 12.3 Å². The van der Waals surface area contributed by atoms with Gasteiger partial charge in [0.2, 0.25) is 0 Å². The minimum absolute atomic E-state index is 0.243. The first-order chi connectivity index (χ1) is 11.7. The SMILES string of the molecule is CCOc1ccccc1NC(=O)c1ncoc1-c1cccc(C)c1. The highest BCUT2D eigenvalue weighted by Crippen LogP contribution is 2.27. The average Bonchev–Trinajstić information content (AvgIpc) is 3.07. The van der Waals surface area contributed by atoms with Gasteiger partial charge in [-0.15, -0.1) is 0 Å². The van der Waals surface area contributed by atoms with Crippen molar-refractivity contribution < 1.29 is 13.9 Å². The van der Waals surface area contributed by atoms with Crippen LogP contribution in [0.15, 0.2) is 59.3 Å². The second-order valence-electron chi connectivity index (χ2n) is 5.28. The predicted molar refractivity (Wildman–Crippen MR) is 92.2 cm³/mol. The van der Waals surface area contributed by atoms with Crippen LogP contribution in [0.25, 0.3) is 11.3 Å². The van der Waals surface area contributed by atoms with E-state index in [1.807, 2.05) is 56.3 Å². The Hall–Kier alpha value is -3.08. The minimum atomic E-state index is -0.340. The molecule has 0 aliphatic rings. The van der Waals surface area contributed by atoms with Crippen molar-refractivity contribution >= 4 is 11.6 Å². The molecule has 1 N–H and O–H groups in total. The Morgan fingerprint density at radius 3 is 2.83 bits per heavy atom. The molecule has 1 aromatic heterocycles. The summed E-state index contributed by atoms with van der Waals surface area (Å²) < 4.78 is 11.0. The summed E-state index contributed by atoms with van der Waals surface area (Å²) in [6.07, 6.45) is 1.28. The Morgan fingerprint density at radius 2 is 2.04 bits per heavy atom. The standard InChI is InChI=1S/C19H18N2O3/c1-3-23-16-10-5-4-9-15(16)21-19(22)17-18(24-12-20-17)14-8-6-7-13(2)11-14/h4-12H,3H2,1-2H3,(H,21,22). The topological polar surface area (TPSA) is 64.4 Å². The molecule has 0 unspecified atom stereocenters. The summed E-state index contributed by atoms with van der Waals surface area (Å²) in [5, 5.41) is 2.84. The number of carbonyl (C=O) groups is 1. The molecule has 5 nitrogen and oxygen atoms in total. The van der Waals surface area contributed by atoms with Crippen LogP contribution >= 0.6 is 0 Å². The van der Waals surface area contributed by atoms with Crippen molar-refractivity contribution in [2.24, 2.45) is 0 Å². The Labute approximate surface area is 140 Å². The number of oxazole rings is 1. The van der Waals surface area contributed by atoms with Crippen LogP contribution in [0.3, 0.4) is 0 Å². The van der Waals surface area contributed by atoms with Gasteiger partial charge in [0.1, 0.15) is 5.75 Å². The van der Waals surface area contributed by atoms with E-state index in [0.29, 0.717) is 23.8 Å². The molecule has 24 heavy (non-hydrogen) atoms. The fourth-order valence-corrected chi connectivity index (χ4v) is 2.43. The number of hydrogen-bond acceptors (Lipinski definition) is 4. The van der Waals surface area contributed by atoms with E-state index in [2.05, 4.69) is 10.3 Å². The number of amides is 1. The first kappa shape index (κ1) is 15.8. The van der Waals surface area contributed by atoms with Crippen molar-refractivity contribution in [3.8, 4) is 17.1 Å². The Balaban J connectivity index is 1.89. The van der Waals surface area contributed by atoms with Crippen LogP contribution in [0.5, 0.6) is 5.75 Å². The first-order valence-electron chi connectivity index (χ1n) is 7.72. The number of nitrogens with zero attached hydrogens (tertiary/aromatic N) is 1. The Kier molecular flexibility index (Phi) is 4.61. The van der Waals surface area contributed by atoms with E-state index >= 15 is 0 Å². The third-order valence-corrected chi connectivity index (χ3v) is 3.50. The summed E-state index contributed by atoms with van der Waals surface area (Å²) in [6.45, 7) is 4.40. The molecule has 2 aromatic carbocycles. The number of nitrogens with one attached hydrogen (secondary N) is 1. The van der Waals surface area contributed by atoms with Crippen LogP contribution in [0.1, 0.15) is 23.0 Å². The molecule has 0 aliphatic heterocycles. The van der Waals surface area contributed by atoms with Gasteiger partial charge in [-0.05, 0) is 32.0 Å². The van der Waals surface area contributed by atoms with Gasteiger partial charge in [-0.3, -0.25) is 4.79 Å². The lowest BCUT2D eigenvalue weighted by molar-refractivity contribution is 0.102. The van der Waals surface area contributed by atoms with Crippen molar-refractivity contribution in [2.45, 2.75) is 13.8 Å². The van der Waals surface area contributed by atoms with E-state index in [9.17, 15) is 4.79 Å². The lowest BCUT2D eigenvalue weighted by atomic mass is 10.1. The fraction of sp³-hybridized carbons (Fsp3) is 0.158. The number of rotatable bonds is 5. The van der Waals surface area contributed by atoms with Crippen molar-refractivity contribution in [1.29, 1.82) is 0 Å². The number of ether oxygens (including phenoxy) is 1. The number of aryl methyl sites for hydroxylation is 1. The van der Waals surface area contributed by atoms with Crippen LogP contribution < -0.4 is 10.1 Å². The summed E-state index contributed by atoms with van der Waals surface area (Å²) >= 11 is 0. The van der Waals surface area contributed by atoms with E-state index in [4.69, 9.17) is 9.15 Å². The van der Waals surface area contributed by atoms with E-state index in [1.165, 1.54) is 6.39 Å². The van der Waals surface area contributed by atoms with Crippen molar-refractivity contribution in [2.75, 3.05) is 11.9 Å². The Bertz CT molecular complexity index is 855. The highest BCUT2D eigenvalue weighted by molar-refractivity contribution is 6.07. The largest absolute Gasteiger partial charge is 0.492 e. The van der Waals surface area contributed by atoms with Gasteiger partial charge in [0.25, 0.3) is 5.91 Å². The van der Waals surface area contributed by atoms with Gasteiger partial charge >= 0.3 is 0 Å². The monoisotopic (exact) mass is 322 g/mol. The van der Waals surface area contributed by atoms with Crippen LogP contribution in [-0.2, 0) is 0 Å². The molecular weight excluding hydrogens is 304 g/mol. The van der Waals surface area contributed by atoms with Crippen molar-refractivity contribution in [1.82, 2.24) is 4.98 Å².